The van der Waals surface area contributed by atoms with Crippen molar-refractivity contribution in [3.63, 3.8) is 0 Å². The van der Waals surface area contributed by atoms with Crippen molar-refractivity contribution in [1.82, 2.24) is 0 Å². The van der Waals surface area contributed by atoms with Crippen LogP contribution >= 0.6 is 0 Å². The van der Waals surface area contributed by atoms with Crippen LogP contribution in [0.3, 0.4) is 0 Å². The zero-order valence-electron chi connectivity index (χ0n) is 7.85. The summed E-state index contributed by atoms with van der Waals surface area (Å²) < 4.78 is 0. The van der Waals surface area contributed by atoms with E-state index in [0.29, 0.717) is 0 Å². The minimum absolute atomic E-state index is 0. The average Bonchev–Trinajstić information content (AvgIpc) is 2.22. The van der Waals surface area contributed by atoms with Gasteiger partial charge in [0.15, 0.2) is 0 Å². The minimum Gasteiger partial charge on any atom is -0.419 e. The van der Waals surface area contributed by atoms with Gasteiger partial charge in [0.2, 0.25) is 0 Å². The van der Waals surface area contributed by atoms with Gasteiger partial charge in [0.1, 0.15) is 0 Å². The zero-order valence-corrected chi connectivity index (χ0v) is 10.7. The van der Waals surface area contributed by atoms with Gasteiger partial charge in [-0.15, -0.1) is 12.1 Å². The number of hydrogen-bond acceptors (Lipinski definition) is 1. The molecule has 1 radical (unpaired) electrons. The molecule has 0 bridgehead atoms. The first-order valence-electron chi connectivity index (χ1n) is 4.02. The molecule has 0 heterocycles. The fraction of sp³-hybridized carbons (Fsp3) is 0. The molecule has 0 saturated heterocycles. The molecule has 0 aliphatic heterocycles. The second-order valence-corrected chi connectivity index (χ2v) is 2.41. The average molecular weight is 258 g/mol. The molecule has 2 aromatic rings. The Labute approximate surface area is 110 Å². The molecule has 0 amide bonds. The van der Waals surface area contributed by atoms with E-state index in [1.165, 1.54) is 0 Å². The molecule has 0 aliphatic rings. The summed E-state index contributed by atoms with van der Waals surface area (Å²) in [5.74, 6) is 0. The number of rotatable bonds is 0. The summed E-state index contributed by atoms with van der Waals surface area (Å²) in [6.07, 6.45) is 0. The Hall–Kier alpha value is -0.656. The summed E-state index contributed by atoms with van der Waals surface area (Å²) in [5, 5.41) is 0. The maximum Gasteiger partial charge on any atom is 0 e. The Morgan fingerprint density at radius 3 is 1.50 bits per heavy atom. The molecule has 0 spiro atoms. The van der Waals surface area contributed by atoms with Crippen LogP contribution in [0.5, 0.6) is 0 Å². The van der Waals surface area contributed by atoms with Gasteiger partial charge < -0.3 is 5.73 Å². The van der Waals surface area contributed by atoms with Crippen molar-refractivity contribution < 1.29 is 32.7 Å². The SMILES string of the molecule is Nc1cc[c-]cc1.[Y].[c-]1ccccc1. The molecule has 2 heteroatoms. The molecule has 0 fully saturated rings. The topological polar surface area (TPSA) is 26.0 Å². The Kier molecular flexibility index (Phi) is 8.50. The molecule has 0 aliphatic carbocycles. The Balaban J connectivity index is 0.000000227. The van der Waals surface area contributed by atoms with E-state index >= 15 is 0 Å². The van der Waals surface area contributed by atoms with Crippen LogP contribution < -0.4 is 5.73 Å². The van der Waals surface area contributed by atoms with E-state index in [2.05, 4.69) is 12.1 Å². The van der Waals surface area contributed by atoms with Crippen LogP contribution in [0.4, 0.5) is 5.69 Å². The van der Waals surface area contributed by atoms with E-state index < -0.39 is 0 Å². The van der Waals surface area contributed by atoms with Crippen molar-refractivity contribution in [3.8, 4) is 0 Å². The number of nitrogens with two attached hydrogens (primary N) is 1. The van der Waals surface area contributed by atoms with E-state index in [-0.39, 0.29) is 32.7 Å². The first-order valence-corrected chi connectivity index (χ1v) is 4.02. The van der Waals surface area contributed by atoms with Gasteiger partial charge in [0, 0.05) is 32.7 Å². The first-order chi connectivity index (χ1) is 6.39. The Morgan fingerprint density at radius 2 is 1.29 bits per heavy atom. The molecular weight excluding hydrogens is 247 g/mol. The van der Waals surface area contributed by atoms with Crippen LogP contribution in [0.15, 0.2) is 54.6 Å². The maximum atomic E-state index is 5.34. The minimum atomic E-state index is 0. The van der Waals surface area contributed by atoms with Crippen LogP contribution in [0, 0.1) is 12.1 Å². The number of nitrogen functional groups attached to an aromatic ring is 1. The number of anilines is 1. The van der Waals surface area contributed by atoms with Gasteiger partial charge in [-0.1, -0.05) is 5.69 Å². The predicted octanol–water partition coefficient (Wildman–Crippen LogP) is 2.55. The number of benzene rings is 2. The smallest absolute Gasteiger partial charge is 0 e. The van der Waals surface area contributed by atoms with Gasteiger partial charge in [0.25, 0.3) is 0 Å². The zero-order chi connectivity index (χ0) is 9.36. The quantitative estimate of drug-likeness (QED) is 0.570. The standard InChI is InChI=1S/C6H6N.C6H5.Y/c7-6-4-2-1-3-5-6;1-2-4-6-5-3-1;/h2-5H,7H2;1-5H;/q2*-1;. The third kappa shape index (κ3) is 6.82. The van der Waals surface area contributed by atoms with Crippen molar-refractivity contribution >= 4 is 5.69 Å². The Morgan fingerprint density at radius 1 is 0.786 bits per heavy atom. The molecule has 69 valence electrons. The molecule has 0 aromatic heterocycles. The second-order valence-electron chi connectivity index (χ2n) is 2.41. The molecule has 14 heavy (non-hydrogen) atoms. The van der Waals surface area contributed by atoms with E-state index in [0.717, 1.165) is 5.69 Å². The predicted molar refractivity (Wildman–Crippen MR) is 55.0 cm³/mol. The monoisotopic (exact) mass is 258 g/mol. The summed E-state index contributed by atoms with van der Waals surface area (Å²) in [5.41, 5.74) is 6.13. The van der Waals surface area contributed by atoms with Gasteiger partial charge in [-0.2, -0.15) is 54.6 Å². The summed E-state index contributed by atoms with van der Waals surface area (Å²) >= 11 is 0. The fourth-order valence-electron chi connectivity index (χ4n) is 0.742. The van der Waals surface area contributed by atoms with Crippen molar-refractivity contribution in [2.24, 2.45) is 0 Å². The molecule has 1 nitrogen and oxygen atoms in total. The van der Waals surface area contributed by atoms with Gasteiger partial charge in [-0.05, 0) is 0 Å². The van der Waals surface area contributed by atoms with Crippen LogP contribution in [0.2, 0.25) is 0 Å². The van der Waals surface area contributed by atoms with Crippen LogP contribution in [0.1, 0.15) is 0 Å². The van der Waals surface area contributed by atoms with Gasteiger partial charge in [0.05, 0.1) is 0 Å². The van der Waals surface area contributed by atoms with Crippen LogP contribution in [-0.2, 0) is 32.7 Å². The molecule has 0 atom stereocenters. The molecule has 2 aromatic carbocycles. The van der Waals surface area contributed by atoms with Crippen molar-refractivity contribution in [2.45, 2.75) is 0 Å². The molecule has 2 rings (SSSR count). The maximum absolute atomic E-state index is 5.34. The fourth-order valence-corrected chi connectivity index (χ4v) is 0.742. The largest absolute Gasteiger partial charge is 0.419 e. The number of hydrogen-bond donors (Lipinski definition) is 1. The summed E-state index contributed by atoms with van der Waals surface area (Å²) in [4.78, 5) is 0. The van der Waals surface area contributed by atoms with Gasteiger partial charge in [-0.25, -0.2) is 0 Å². The van der Waals surface area contributed by atoms with Crippen molar-refractivity contribution in [2.75, 3.05) is 5.73 Å². The van der Waals surface area contributed by atoms with Crippen LogP contribution in [0.25, 0.3) is 0 Å². The van der Waals surface area contributed by atoms with Gasteiger partial charge in [-0.3, -0.25) is 0 Å². The third-order valence-electron chi connectivity index (χ3n) is 1.35. The Bertz CT molecular complexity index is 281. The molecular formula is C12H11NY-2. The first kappa shape index (κ1) is 13.3. The van der Waals surface area contributed by atoms with E-state index in [4.69, 9.17) is 5.73 Å². The van der Waals surface area contributed by atoms with Crippen molar-refractivity contribution in [3.05, 3.63) is 66.7 Å². The van der Waals surface area contributed by atoms with Crippen molar-refractivity contribution in [1.29, 1.82) is 0 Å². The van der Waals surface area contributed by atoms with E-state index in [9.17, 15) is 0 Å². The summed E-state index contributed by atoms with van der Waals surface area (Å²) in [6.45, 7) is 0. The molecule has 2 N–H and O–H groups in total. The van der Waals surface area contributed by atoms with E-state index in [1.54, 1.807) is 24.3 Å². The summed E-state index contributed by atoms with van der Waals surface area (Å²) in [6, 6.07) is 22.5. The summed E-state index contributed by atoms with van der Waals surface area (Å²) in [7, 11) is 0. The van der Waals surface area contributed by atoms with E-state index in [1.807, 2.05) is 30.3 Å². The second kappa shape index (κ2) is 8.92. The molecule has 0 unspecified atom stereocenters. The molecule has 0 saturated carbocycles. The van der Waals surface area contributed by atoms with Crippen LogP contribution in [-0.4, -0.2) is 0 Å². The van der Waals surface area contributed by atoms with Gasteiger partial charge >= 0.3 is 0 Å². The normalized spacial score (nSPS) is 7.71. The third-order valence-corrected chi connectivity index (χ3v) is 1.35.